The zero-order valence-electron chi connectivity index (χ0n) is 16.0. The second-order valence-corrected chi connectivity index (χ2v) is 7.45. The first-order valence-corrected chi connectivity index (χ1v) is 10.0. The van der Waals surface area contributed by atoms with Crippen molar-refractivity contribution >= 4 is 45.4 Å². The van der Waals surface area contributed by atoms with Crippen LogP contribution in [0.5, 0.6) is 0 Å². The summed E-state index contributed by atoms with van der Waals surface area (Å²) >= 11 is 5.99. The summed E-state index contributed by atoms with van der Waals surface area (Å²) in [5.41, 5.74) is 2.38. The lowest BCUT2D eigenvalue weighted by Crippen LogP contribution is -2.22. The summed E-state index contributed by atoms with van der Waals surface area (Å²) in [4.78, 5) is 18.3. The molecule has 0 radical (unpaired) electrons. The van der Waals surface area contributed by atoms with Crippen LogP contribution in [0, 0.1) is 0 Å². The van der Waals surface area contributed by atoms with Gasteiger partial charge in [0.2, 0.25) is 0 Å². The highest BCUT2D eigenvalue weighted by Crippen LogP contribution is 2.24. The van der Waals surface area contributed by atoms with Gasteiger partial charge in [0.25, 0.3) is 5.56 Å². The van der Waals surface area contributed by atoms with E-state index in [4.69, 9.17) is 16.6 Å². The van der Waals surface area contributed by atoms with E-state index in [1.807, 2.05) is 103 Å². The fraction of sp³-hybridized carbons (Fsp3) is 0. The summed E-state index contributed by atoms with van der Waals surface area (Å²) in [6.07, 6.45) is 3.81. The van der Waals surface area contributed by atoms with E-state index in [9.17, 15) is 4.79 Å². The van der Waals surface area contributed by atoms with Crippen LogP contribution in [0.25, 0.3) is 39.5 Å². The smallest absolute Gasteiger partial charge is 0.266 e. The molecule has 0 atom stereocenters. The van der Waals surface area contributed by atoms with Crippen LogP contribution in [-0.4, -0.2) is 9.55 Å². The highest BCUT2D eigenvalue weighted by molar-refractivity contribution is 6.30. The van der Waals surface area contributed by atoms with Crippen LogP contribution in [-0.2, 0) is 0 Å². The number of nitrogens with zero attached hydrogens (tertiary/aromatic N) is 2. The second kappa shape index (κ2) is 7.62. The fourth-order valence-corrected chi connectivity index (χ4v) is 3.77. The third kappa shape index (κ3) is 3.30. The molecule has 0 unspecified atom stereocenters. The molecule has 0 N–H and O–H groups in total. The molecule has 144 valence electrons. The first kappa shape index (κ1) is 18.3. The van der Waals surface area contributed by atoms with Crippen LogP contribution in [0.2, 0.25) is 5.02 Å². The molecule has 1 aromatic heterocycles. The maximum absolute atomic E-state index is 13.5. The predicted octanol–water partition coefficient (Wildman–Crippen LogP) is 6.36. The minimum Gasteiger partial charge on any atom is -0.268 e. The van der Waals surface area contributed by atoms with Gasteiger partial charge in [0.05, 0.1) is 16.6 Å². The van der Waals surface area contributed by atoms with E-state index in [2.05, 4.69) is 0 Å². The molecule has 0 spiro atoms. The quantitative estimate of drug-likeness (QED) is 0.348. The molecule has 0 saturated carbocycles. The Kier molecular flexibility index (Phi) is 4.66. The van der Waals surface area contributed by atoms with Crippen molar-refractivity contribution in [2.75, 3.05) is 0 Å². The summed E-state index contributed by atoms with van der Waals surface area (Å²) in [5, 5.41) is 3.35. The summed E-state index contributed by atoms with van der Waals surface area (Å²) < 4.78 is 1.69. The molecule has 0 aliphatic carbocycles. The van der Waals surface area contributed by atoms with Gasteiger partial charge in [0.1, 0.15) is 5.82 Å². The zero-order chi connectivity index (χ0) is 20.5. The van der Waals surface area contributed by atoms with Crippen molar-refractivity contribution in [2.24, 2.45) is 0 Å². The first-order chi connectivity index (χ1) is 14.7. The Hall–Kier alpha value is -3.69. The largest absolute Gasteiger partial charge is 0.268 e. The van der Waals surface area contributed by atoms with Crippen LogP contribution in [0.1, 0.15) is 11.4 Å². The van der Waals surface area contributed by atoms with Gasteiger partial charge in [-0.1, -0.05) is 78.3 Å². The molecular formula is C26H17ClN2O. The molecule has 0 bridgehead atoms. The molecule has 0 amide bonds. The number of benzene rings is 4. The number of hydrogen-bond donors (Lipinski definition) is 0. The number of hydrogen-bond acceptors (Lipinski definition) is 2. The monoisotopic (exact) mass is 408 g/mol. The Morgan fingerprint density at radius 2 is 1.43 bits per heavy atom. The van der Waals surface area contributed by atoms with Crippen molar-refractivity contribution in [3.05, 3.63) is 118 Å². The van der Waals surface area contributed by atoms with Gasteiger partial charge in [-0.25, -0.2) is 4.98 Å². The number of fused-ring (bicyclic) bond motifs is 2. The highest BCUT2D eigenvalue weighted by atomic mass is 35.5. The third-order valence-corrected chi connectivity index (χ3v) is 5.36. The normalized spacial score (nSPS) is 11.5. The lowest BCUT2D eigenvalue weighted by Gasteiger charge is -2.14. The summed E-state index contributed by atoms with van der Waals surface area (Å²) in [7, 11) is 0. The standard InChI is InChI=1S/C26H17ClN2O/c27-20-15-12-18(13-16-20)14-17-25-28-23-10-4-3-9-22(23)26(30)29(25)24-11-5-7-19-6-1-2-8-21(19)24/h1-17H/b17-14+. The van der Waals surface area contributed by atoms with E-state index in [-0.39, 0.29) is 5.56 Å². The first-order valence-electron chi connectivity index (χ1n) is 9.64. The Bertz CT molecular complexity index is 1460. The van der Waals surface area contributed by atoms with Gasteiger partial charge in [-0.3, -0.25) is 9.36 Å². The predicted molar refractivity (Wildman–Crippen MR) is 125 cm³/mol. The molecule has 0 saturated heterocycles. The second-order valence-electron chi connectivity index (χ2n) is 7.01. The van der Waals surface area contributed by atoms with Crippen molar-refractivity contribution in [3.8, 4) is 5.69 Å². The number of para-hydroxylation sites is 1. The molecule has 0 aliphatic rings. The van der Waals surface area contributed by atoms with Crippen LogP contribution in [0.15, 0.2) is 95.8 Å². The SMILES string of the molecule is O=c1c2ccccc2nc(/C=C/c2ccc(Cl)cc2)n1-c1cccc2ccccc12. The molecular weight excluding hydrogens is 392 g/mol. The van der Waals surface area contributed by atoms with Crippen molar-refractivity contribution in [3.63, 3.8) is 0 Å². The topological polar surface area (TPSA) is 34.9 Å². The Balaban J connectivity index is 1.79. The lowest BCUT2D eigenvalue weighted by atomic mass is 10.1. The van der Waals surface area contributed by atoms with E-state index in [0.717, 1.165) is 22.0 Å². The number of rotatable bonds is 3. The van der Waals surface area contributed by atoms with Gasteiger partial charge in [-0.15, -0.1) is 0 Å². The minimum atomic E-state index is -0.0901. The molecule has 30 heavy (non-hydrogen) atoms. The summed E-state index contributed by atoms with van der Waals surface area (Å²) in [6.45, 7) is 0. The Labute approximate surface area is 178 Å². The van der Waals surface area contributed by atoms with Gasteiger partial charge in [-0.2, -0.15) is 0 Å². The minimum absolute atomic E-state index is 0.0901. The van der Waals surface area contributed by atoms with E-state index < -0.39 is 0 Å². The number of aromatic nitrogens is 2. The third-order valence-electron chi connectivity index (χ3n) is 5.10. The average molecular weight is 409 g/mol. The van der Waals surface area contributed by atoms with Crippen LogP contribution in [0.4, 0.5) is 0 Å². The van der Waals surface area contributed by atoms with Crippen molar-refractivity contribution in [1.82, 2.24) is 9.55 Å². The fourth-order valence-electron chi connectivity index (χ4n) is 3.64. The van der Waals surface area contributed by atoms with Crippen molar-refractivity contribution in [2.45, 2.75) is 0 Å². The van der Waals surface area contributed by atoms with E-state index in [1.165, 1.54) is 0 Å². The van der Waals surface area contributed by atoms with Crippen molar-refractivity contribution < 1.29 is 0 Å². The van der Waals surface area contributed by atoms with E-state index in [0.29, 0.717) is 21.7 Å². The summed E-state index contributed by atoms with van der Waals surface area (Å²) in [5.74, 6) is 0.574. The summed E-state index contributed by atoms with van der Waals surface area (Å²) in [6, 6.07) is 29.0. The maximum atomic E-state index is 13.5. The van der Waals surface area contributed by atoms with Crippen LogP contribution >= 0.6 is 11.6 Å². The molecule has 5 aromatic rings. The van der Waals surface area contributed by atoms with Gasteiger partial charge < -0.3 is 0 Å². The van der Waals surface area contributed by atoms with Crippen LogP contribution in [0.3, 0.4) is 0 Å². The van der Waals surface area contributed by atoms with Gasteiger partial charge >= 0.3 is 0 Å². The molecule has 5 rings (SSSR count). The maximum Gasteiger partial charge on any atom is 0.266 e. The number of halogens is 1. The molecule has 0 fully saturated rings. The van der Waals surface area contributed by atoms with E-state index >= 15 is 0 Å². The molecule has 3 nitrogen and oxygen atoms in total. The van der Waals surface area contributed by atoms with Crippen LogP contribution < -0.4 is 5.56 Å². The molecule has 4 heteroatoms. The Morgan fingerprint density at radius 3 is 2.27 bits per heavy atom. The van der Waals surface area contributed by atoms with Gasteiger partial charge in [-0.05, 0) is 47.4 Å². The van der Waals surface area contributed by atoms with E-state index in [1.54, 1.807) is 4.57 Å². The average Bonchev–Trinajstić information content (AvgIpc) is 2.79. The van der Waals surface area contributed by atoms with Crippen molar-refractivity contribution in [1.29, 1.82) is 0 Å². The molecule has 4 aromatic carbocycles. The molecule has 1 heterocycles. The Morgan fingerprint density at radius 1 is 0.733 bits per heavy atom. The lowest BCUT2D eigenvalue weighted by molar-refractivity contribution is 0.952. The van der Waals surface area contributed by atoms with Gasteiger partial charge in [0.15, 0.2) is 0 Å². The van der Waals surface area contributed by atoms with Gasteiger partial charge in [0, 0.05) is 10.4 Å². The zero-order valence-corrected chi connectivity index (χ0v) is 16.8. The molecule has 0 aliphatic heterocycles. The highest BCUT2D eigenvalue weighted by Gasteiger charge is 2.13.